The van der Waals surface area contributed by atoms with Gasteiger partial charge in [-0.25, -0.2) is 8.42 Å². The van der Waals surface area contributed by atoms with E-state index in [0.717, 1.165) is 23.3 Å². The molecule has 1 aromatic carbocycles. The Bertz CT molecular complexity index is 757. The minimum absolute atomic E-state index is 0.209. The normalized spacial score (nSPS) is 12.9. The molecule has 1 aromatic heterocycles. The third-order valence-corrected chi connectivity index (χ3v) is 6.55. The molecule has 0 aliphatic carbocycles. The highest BCUT2D eigenvalue weighted by atomic mass is 32.2. The van der Waals surface area contributed by atoms with Crippen molar-refractivity contribution in [3.8, 4) is 0 Å². The molecule has 0 bridgehead atoms. The number of carbonyl (C=O) groups excluding carboxylic acids is 1. The van der Waals surface area contributed by atoms with Crippen LogP contribution in [0.1, 0.15) is 25.8 Å². The van der Waals surface area contributed by atoms with Crippen molar-refractivity contribution in [2.24, 2.45) is 5.92 Å². The molecule has 5 nitrogen and oxygen atoms in total. The summed E-state index contributed by atoms with van der Waals surface area (Å²) >= 11 is 1.13. The molecule has 0 radical (unpaired) electrons. The largest absolute Gasteiger partial charge is 0.355 e. The molecule has 25 heavy (non-hydrogen) atoms. The Morgan fingerprint density at radius 2 is 1.84 bits per heavy atom. The van der Waals surface area contributed by atoms with E-state index < -0.39 is 16.1 Å². The van der Waals surface area contributed by atoms with Crippen LogP contribution < -0.4 is 10.0 Å². The lowest BCUT2D eigenvalue weighted by Gasteiger charge is -2.18. The standard InChI is InChI=1S/C18H24N2O3S2/c1-14(2)10-11-19-18(21)16(13-15-7-4-3-5-8-15)20-25(22,23)17-9-6-12-24-17/h3-9,12,14,16,20H,10-11,13H2,1-2H3,(H,19,21)/t16-/m0/s1. The minimum Gasteiger partial charge on any atom is -0.355 e. The molecular weight excluding hydrogens is 356 g/mol. The summed E-state index contributed by atoms with van der Waals surface area (Å²) in [5.41, 5.74) is 0.903. The number of hydrogen-bond acceptors (Lipinski definition) is 4. The average molecular weight is 381 g/mol. The summed E-state index contributed by atoms with van der Waals surface area (Å²) in [6.45, 7) is 4.68. The second kappa shape index (κ2) is 9.12. The zero-order chi connectivity index (χ0) is 18.3. The maximum absolute atomic E-state index is 12.5. The third-order valence-electron chi connectivity index (χ3n) is 3.68. The van der Waals surface area contributed by atoms with Crippen molar-refractivity contribution in [1.82, 2.24) is 10.0 Å². The van der Waals surface area contributed by atoms with Gasteiger partial charge in [0.1, 0.15) is 10.3 Å². The molecular formula is C18H24N2O3S2. The lowest BCUT2D eigenvalue weighted by Crippen LogP contribution is -2.48. The number of thiophene rings is 1. The van der Waals surface area contributed by atoms with Crippen molar-refractivity contribution in [2.75, 3.05) is 6.54 Å². The number of sulfonamides is 1. The van der Waals surface area contributed by atoms with E-state index in [0.29, 0.717) is 18.9 Å². The summed E-state index contributed by atoms with van der Waals surface area (Å²) < 4.78 is 27.8. The van der Waals surface area contributed by atoms with Gasteiger partial charge in [0.25, 0.3) is 10.0 Å². The van der Waals surface area contributed by atoms with Crippen LogP contribution in [-0.2, 0) is 21.2 Å². The highest BCUT2D eigenvalue weighted by molar-refractivity contribution is 7.91. The fourth-order valence-corrected chi connectivity index (χ4v) is 4.51. The Kier molecular flexibility index (Phi) is 7.16. The second-order valence-corrected chi connectivity index (χ2v) is 9.16. The van der Waals surface area contributed by atoms with Gasteiger partial charge < -0.3 is 5.32 Å². The van der Waals surface area contributed by atoms with E-state index in [4.69, 9.17) is 0 Å². The molecule has 0 aliphatic heterocycles. The van der Waals surface area contributed by atoms with Crippen molar-refractivity contribution in [3.05, 3.63) is 53.4 Å². The summed E-state index contributed by atoms with van der Waals surface area (Å²) in [7, 11) is -3.71. The van der Waals surface area contributed by atoms with Crippen molar-refractivity contribution < 1.29 is 13.2 Å². The monoisotopic (exact) mass is 380 g/mol. The van der Waals surface area contributed by atoms with Crippen molar-refractivity contribution in [1.29, 1.82) is 0 Å². The van der Waals surface area contributed by atoms with E-state index in [9.17, 15) is 13.2 Å². The Balaban J connectivity index is 2.12. The number of hydrogen-bond donors (Lipinski definition) is 2. The van der Waals surface area contributed by atoms with Crippen LogP contribution in [0.5, 0.6) is 0 Å². The lowest BCUT2D eigenvalue weighted by atomic mass is 10.1. The highest BCUT2D eigenvalue weighted by Gasteiger charge is 2.26. The van der Waals surface area contributed by atoms with E-state index >= 15 is 0 Å². The number of carbonyl (C=O) groups is 1. The quantitative estimate of drug-likeness (QED) is 0.702. The Morgan fingerprint density at radius 3 is 2.44 bits per heavy atom. The topological polar surface area (TPSA) is 75.3 Å². The van der Waals surface area contributed by atoms with Gasteiger partial charge in [0.2, 0.25) is 5.91 Å². The molecule has 2 aromatic rings. The Hall–Kier alpha value is -1.70. The van der Waals surface area contributed by atoms with Crippen molar-refractivity contribution >= 4 is 27.3 Å². The molecule has 2 rings (SSSR count). The van der Waals surface area contributed by atoms with E-state index in [-0.39, 0.29) is 10.1 Å². The molecule has 0 saturated carbocycles. The first kappa shape index (κ1) is 19.6. The van der Waals surface area contributed by atoms with Crippen LogP contribution in [0, 0.1) is 5.92 Å². The van der Waals surface area contributed by atoms with Crippen molar-refractivity contribution in [3.63, 3.8) is 0 Å². The molecule has 0 fully saturated rings. The van der Waals surface area contributed by atoms with Gasteiger partial charge in [-0.2, -0.15) is 4.72 Å². The predicted octanol–water partition coefficient (Wildman–Crippen LogP) is 2.80. The molecule has 2 N–H and O–H groups in total. The number of benzene rings is 1. The molecule has 0 saturated heterocycles. The van der Waals surface area contributed by atoms with E-state index in [1.54, 1.807) is 11.4 Å². The molecule has 1 heterocycles. The Morgan fingerprint density at radius 1 is 1.12 bits per heavy atom. The molecule has 136 valence electrons. The van der Waals surface area contributed by atoms with Gasteiger partial charge in [-0.15, -0.1) is 11.3 Å². The first-order valence-corrected chi connectivity index (χ1v) is 10.6. The van der Waals surface area contributed by atoms with Gasteiger partial charge in [0.05, 0.1) is 0 Å². The highest BCUT2D eigenvalue weighted by Crippen LogP contribution is 2.16. The van der Waals surface area contributed by atoms with Crippen LogP contribution in [0.15, 0.2) is 52.1 Å². The zero-order valence-electron chi connectivity index (χ0n) is 14.4. The van der Waals surface area contributed by atoms with E-state index in [1.807, 2.05) is 30.3 Å². The van der Waals surface area contributed by atoms with Gasteiger partial charge in [-0.05, 0) is 35.8 Å². The van der Waals surface area contributed by atoms with Crippen LogP contribution in [0.25, 0.3) is 0 Å². The van der Waals surface area contributed by atoms with Gasteiger partial charge in [0, 0.05) is 6.54 Å². The van der Waals surface area contributed by atoms with Crippen LogP contribution in [0.3, 0.4) is 0 Å². The maximum atomic E-state index is 12.5. The molecule has 0 spiro atoms. The third kappa shape index (κ3) is 6.26. The predicted molar refractivity (Wildman–Crippen MR) is 101 cm³/mol. The number of rotatable bonds is 9. The first-order valence-electron chi connectivity index (χ1n) is 8.26. The van der Waals surface area contributed by atoms with E-state index in [2.05, 4.69) is 23.9 Å². The van der Waals surface area contributed by atoms with Gasteiger partial charge >= 0.3 is 0 Å². The van der Waals surface area contributed by atoms with Crippen LogP contribution >= 0.6 is 11.3 Å². The maximum Gasteiger partial charge on any atom is 0.250 e. The average Bonchev–Trinajstić information content (AvgIpc) is 3.10. The lowest BCUT2D eigenvalue weighted by molar-refractivity contribution is -0.122. The van der Waals surface area contributed by atoms with Crippen LogP contribution in [0.4, 0.5) is 0 Å². The fraction of sp³-hybridized carbons (Fsp3) is 0.389. The van der Waals surface area contributed by atoms with Crippen LogP contribution in [0.2, 0.25) is 0 Å². The summed E-state index contributed by atoms with van der Waals surface area (Å²) in [6.07, 6.45) is 1.15. The SMILES string of the molecule is CC(C)CCNC(=O)[C@H](Cc1ccccc1)NS(=O)(=O)c1cccs1. The Labute approximate surface area is 153 Å². The zero-order valence-corrected chi connectivity index (χ0v) is 16.1. The summed E-state index contributed by atoms with van der Waals surface area (Å²) in [4.78, 5) is 12.5. The van der Waals surface area contributed by atoms with Gasteiger partial charge in [0.15, 0.2) is 0 Å². The molecule has 7 heteroatoms. The van der Waals surface area contributed by atoms with Gasteiger partial charge in [-0.1, -0.05) is 50.2 Å². The van der Waals surface area contributed by atoms with Crippen molar-refractivity contribution in [2.45, 2.75) is 36.9 Å². The summed E-state index contributed by atoms with van der Waals surface area (Å²) in [6, 6.07) is 11.8. The van der Waals surface area contributed by atoms with Crippen LogP contribution in [-0.4, -0.2) is 26.9 Å². The first-order chi connectivity index (χ1) is 11.9. The second-order valence-electron chi connectivity index (χ2n) is 6.27. The van der Waals surface area contributed by atoms with E-state index in [1.165, 1.54) is 6.07 Å². The molecule has 0 aliphatic rings. The minimum atomic E-state index is -3.71. The summed E-state index contributed by atoms with van der Waals surface area (Å²) in [5.74, 6) is 0.167. The number of nitrogens with one attached hydrogen (secondary N) is 2. The number of amides is 1. The smallest absolute Gasteiger partial charge is 0.250 e. The molecule has 0 unspecified atom stereocenters. The van der Waals surface area contributed by atoms with Gasteiger partial charge in [-0.3, -0.25) is 4.79 Å². The fourth-order valence-electron chi connectivity index (χ4n) is 2.31. The molecule has 1 amide bonds. The molecule has 1 atom stereocenters. The summed E-state index contributed by atoms with van der Waals surface area (Å²) in [5, 5.41) is 4.54.